The van der Waals surface area contributed by atoms with Crippen LogP contribution in [0.3, 0.4) is 0 Å². The fourth-order valence-electron chi connectivity index (χ4n) is 1.53. The lowest BCUT2D eigenvalue weighted by molar-refractivity contribution is -0.120. The molecule has 2 aromatic rings. The Kier molecular flexibility index (Phi) is 5.98. The van der Waals surface area contributed by atoms with E-state index in [1.807, 2.05) is 24.3 Å². The van der Waals surface area contributed by atoms with E-state index in [0.717, 1.165) is 11.3 Å². The van der Waals surface area contributed by atoms with Gasteiger partial charge in [-0.05, 0) is 24.7 Å². The van der Waals surface area contributed by atoms with Gasteiger partial charge in [-0.15, -0.1) is 12.4 Å². The maximum absolute atomic E-state index is 11.3. The molecule has 0 spiro atoms. The molecular weight excluding hydrogens is 266 g/mol. The summed E-state index contributed by atoms with van der Waals surface area (Å²) < 4.78 is 1.68. The smallest absolute Gasteiger partial charge is 0.234 e. The Morgan fingerprint density at radius 2 is 2.05 bits per heavy atom. The van der Waals surface area contributed by atoms with Crippen LogP contribution >= 0.6 is 12.4 Å². The lowest BCUT2D eigenvalue weighted by atomic mass is 10.2. The van der Waals surface area contributed by atoms with Gasteiger partial charge in [-0.25, -0.2) is 9.67 Å². The van der Waals surface area contributed by atoms with E-state index in [0.29, 0.717) is 13.1 Å². The molecule has 0 atom stereocenters. The third-order valence-corrected chi connectivity index (χ3v) is 2.45. The van der Waals surface area contributed by atoms with Crippen LogP contribution in [0.25, 0.3) is 5.69 Å². The van der Waals surface area contributed by atoms with E-state index in [9.17, 15) is 4.79 Å². The number of hydrogen-bond donors (Lipinski definition) is 2. The van der Waals surface area contributed by atoms with E-state index in [2.05, 4.69) is 20.7 Å². The fraction of sp³-hybridized carbons (Fsp3) is 0.250. The van der Waals surface area contributed by atoms with E-state index in [-0.39, 0.29) is 18.3 Å². The molecule has 0 radical (unpaired) electrons. The molecule has 0 aliphatic heterocycles. The van der Waals surface area contributed by atoms with Crippen molar-refractivity contribution in [3.63, 3.8) is 0 Å². The van der Waals surface area contributed by atoms with Crippen LogP contribution < -0.4 is 10.6 Å². The zero-order valence-corrected chi connectivity index (χ0v) is 11.4. The molecule has 2 rings (SSSR count). The molecule has 2 N–H and O–H groups in total. The summed E-state index contributed by atoms with van der Waals surface area (Å²) in [6.45, 7) is 0.856. The molecule has 0 saturated heterocycles. The minimum absolute atomic E-state index is 0. The summed E-state index contributed by atoms with van der Waals surface area (Å²) in [4.78, 5) is 15.2. The summed E-state index contributed by atoms with van der Waals surface area (Å²) in [5.74, 6) is -0.0159. The average Bonchev–Trinajstić information content (AvgIpc) is 2.91. The van der Waals surface area contributed by atoms with Gasteiger partial charge in [0.25, 0.3) is 0 Å². The summed E-state index contributed by atoms with van der Waals surface area (Å²) >= 11 is 0. The predicted octanol–water partition coefficient (Wildman–Crippen LogP) is 0.525. The molecule has 1 amide bonds. The van der Waals surface area contributed by atoms with Crippen LogP contribution in [0.4, 0.5) is 0 Å². The van der Waals surface area contributed by atoms with Gasteiger partial charge in [-0.3, -0.25) is 4.79 Å². The minimum atomic E-state index is -0.0159. The van der Waals surface area contributed by atoms with Crippen molar-refractivity contribution >= 4 is 18.3 Å². The van der Waals surface area contributed by atoms with Crippen LogP contribution in [-0.4, -0.2) is 34.3 Å². The van der Waals surface area contributed by atoms with Crippen LogP contribution in [0.5, 0.6) is 0 Å². The Bertz CT molecular complexity index is 497. The summed E-state index contributed by atoms with van der Waals surface area (Å²) in [5, 5.41) is 9.66. The van der Waals surface area contributed by atoms with Crippen molar-refractivity contribution in [1.29, 1.82) is 0 Å². The number of aromatic nitrogens is 3. The number of carbonyl (C=O) groups excluding carboxylic acids is 1. The normalized spacial score (nSPS) is 9.74. The molecule has 1 aromatic heterocycles. The first-order chi connectivity index (χ1) is 8.79. The summed E-state index contributed by atoms with van der Waals surface area (Å²) in [6, 6.07) is 7.79. The maximum Gasteiger partial charge on any atom is 0.234 e. The van der Waals surface area contributed by atoms with Gasteiger partial charge < -0.3 is 10.6 Å². The molecule has 19 heavy (non-hydrogen) atoms. The van der Waals surface area contributed by atoms with Crippen molar-refractivity contribution in [3.05, 3.63) is 42.5 Å². The zero-order chi connectivity index (χ0) is 12.8. The van der Waals surface area contributed by atoms with Crippen LogP contribution in [0.1, 0.15) is 5.56 Å². The van der Waals surface area contributed by atoms with E-state index in [1.54, 1.807) is 18.1 Å². The van der Waals surface area contributed by atoms with Gasteiger partial charge in [0.2, 0.25) is 5.91 Å². The van der Waals surface area contributed by atoms with Gasteiger partial charge in [-0.2, -0.15) is 5.10 Å². The topological polar surface area (TPSA) is 71.8 Å². The third kappa shape index (κ3) is 4.35. The molecule has 0 aliphatic rings. The van der Waals surface area contributed by atoms with Gasteiger partial charge in [-0.1, -0.05) is 12.1 Å². The third-order valence-electron chi connectivity index (χ3n) is 2.45. The maximum atomic E-state index is 11.3. The number of rotatable bonds is 5. The molecule has 6 nitrogen and oxygen atoms in total. The summed E-state index contributed by atoms with van der Waals surface area (Å²) in [5.41, 5.74) is 1.99. The largest absolute Gasteiger partial charge is 0.351 e. The summed E-state index contributed by atoms with van der Waals surface area (Å²) in [6.07, 6.45) is 3.13. The second-order valence-electron chi connectivity index (χ2n) is 3.81. The van der Waals surface area contributed by atoms with E-state index in [4.69, 9.17) is 0 Å². The second-order valence-corrected chi connectivity index (χ2v) is 3.81. The number of likely N-dealkylation sites (N-methyl/N-ethyl adjacent to an activating group) is 1. The van der Waals surface area contributed by atoms with Crippen molar-refractivity contribution in [1.82, 2.24) is 25.4 Å². The first kappa shape index (κ1) is 15.1. The lowest BCUT2D eigenvalue weighted by Crippen LogP contribution is -2.31. The summed E-state index contributed by atoms with van der Waals surface area (Å²) in [7, 11) is 1.74. The van der Waals surface area contributed by atoms with E-state index in [1.165, 1.54) is 6.33 Å². The predicted molar refractivity (Wildman–Crippen MR) is 74.4 cm³/mol. The number of benzene rings is 1. The molecule has 0 fully saturated rings. The average molecular weight is 282 g/mol. The molecule has 1 aromatic carbocycles. The lowest BCUT2D eigenvalue weighted by Gasteiger charge is -2.06. The molecule has 0 aliphatic carbocycles. The monoisotopic (exact) mass is 281 g/mol. The van der Waals surface area contributed by atoms with E-state index >= 15 is 0 Å². The quantitative estimate of drug-likeness (QED) is 0.838. The van der Waals surface area contributed by atoms with Gasteiger partial charge in [0.1, 0.15) is 12.7 Å². The van der Waals surface area contributed by atoms with Crippen molar-refractivity contribution in [2.45, 2.75) is 6.54 Å². The van der Waals surface area contributed by atoms with Gasteiger partial charge in [0, 0.05) is 6.54 Å². The highest BCUT2D eigenvalue weighted by molar-refractivity contribution is 5.85. The molecule has 0 saturated carbocycles. The highest BCUT2D eigenvalue weighted by Crippen LogP contribution is 2.07. The van der Waals surface area contributed by atoms with Crippen molar-refractivity contribution < 1.29 is 4.79 Å². The van der Waals surface area contributed by atoms with Gasteiger partial charge in [0.15, 0.2) is 0 Å². The van der Waals surface area contributed by atoms with Crippen LogP contribution in [0, 0.1) is 0 Å². The number of nitrogens with one attached hydrogen (secondary N) is 2. The molecule has 1 heterocycles. The zero-order valence-electron chi connectivity index (χ0n) is 10.5. The van der Waals surface area contributed by atoms with Crippen LogP contribution in [-0.2, 0) is 11.3 Å². The Labute approximate surface area is 117 Å². The number of carbonyl (C=O) groups is 1. The van der Waals surface area contributed by atoms with Crippen molar-refractivity contribution in [3.8, 4) is 5.69 Å². The standard InChI is InChI=1S/C12H15N5O.ClH/c1-13-7-12(18)15-6-10-2-4-11(5-3-10)17-9-14-8-16-17;/h2-5,8-9,13H,6-7H2,1H3,(H,15,18);1H. The highest BCUT2D eigenvalue weighted by Gasteiger charge is 2.00. The Morgan fingerprint density at radius 3 is 2.63 bits per heavy atom. The van der Waals surface area contributed by atoms with Gasteiger partial charge >= 0.3 is 0 Å². The number of nitrogens with zero attached hydrogens (tertiary/aromatic N) is 3. The molecule has 102 valence electrons. The Morgan fingerprint density at radius 1 is 1.32 bits per heavy atom. The Hall–Kier alpha value is -1.92. The SMILES string of the molecule is CNCC(=O)NCc1ccc(-n2cncn2)cc1.Cl. The van der Waals surface area contributed by atoms with Crippen LogP contribution in [0.2, 0.25) is 0 Å². The fourth-order valence-corrected chi connectivity index (χ4v) is 1.53. The molecule has 0 bridgehead atoms. The Balaban J connectivity index is 0.00000180. The van der Waals surface area contributed by atoms with Crippen LogP contribution in [0.15, 0.2) is 36.9 Å². The van der Waals surface area contributed by atoms with E-state index < -0.39 is 0 Å². The van der Waals surface area contributed by atoms with Crippen molar-refractivity contribution in [2.24, 2.45) is 0 Å². The molecule has 0 unspecified atom stereocenters. The highest BCUT2D eigenvalue weighted by atomic mass is 35.5. The molecular formula is C12H16ClN5O. The first-order valence-corrected chi connectivity index (χ1v) is 5.65. The minimum Gasteiger partial charge on any atom is -0.351 e. The number of hydrogen-bond acceptors (Lipinski definition) is 4. The first-order valence-electron chi connectivity index (χ1n) is 5.65. The second kappa shape index (κ2) is 7.50. The number of halogens is 1. The number of amides is 1. The molecule has 7 heteroatoms. The van der Waals surface area contributed by atoms with Gasteiger partial charge in [0.05, 0.1) is 12.2 Å². The van der Waals surface area contributed by atoms with Crippen molar-refractivity contribution in [2.75, 3.05) is 13.6 Å².